The molecule has 3 aromatic rings. The predicted molar refractivity (Wildman–Crippen MR) is 134 cm³/mol. The van der Waals surface area contributed by atoms with E-state index in [1.807, 2.05) is 12.1 Å². The third-order valence-electron chi connectivity index (χ3n) is 6.57. The van der Waals surface area contributed by atoms with Gasteiger partial charge in [0.15, 0.2) is 11.5 Å². The van der Waals surface area contributed by atoms with Gasteiger partial charge in [0, 0.05) is 43.4 Å². The average Bonchev–Trinajstić information content (AvgIpc) is 3.43. The standard InChI is InChI=1S/C26H26ClF3N4O4/c27-18-9-7-17(8-10-18)15-34-22-23(33-12-2-4-19(33)16-32(24(22)36)11-3-13-35)31-25(34)37-20-5-1-6-21(14-20)38-26(28,29)30/h1,5-10,14,19,35H,2-4,11-13,15-16H2. The summed E-state index contributed by atoms with van der Waals surface area (Å²) >= 11 is 6.06. The molecule has 1 unspecified atom stereocenters. The third-order valence-corrected chi connectivity index (χ3v) is 6.82. The fourth-order valence-corrected chi connectivity index (χ4v) is 5.04. The molecule has 0 bridgehead atoms. The lowest BCUT2D eigenvalue weighted by Crippen LogP contribution is -2.40. The summed E-state index contributed by atoms with van der Waals surface area (Å²) in [7, 11) is 0. The highest BCUT2D eigenvalue weighted by molar-refractivity contribution is 6.30. The number of hydrogen-bond donors (Lipinski definition) is 1. The highest BCUT2D eigenvalue weighted by Gasteiger charge is 2.40. The lowest BCUT2D eigenvalue weighted by atomic mass is 10.2. The van der Waals surface area contributed by atoms with E-state index in [0.717, 1.165) is 24.5 Å². The number of rotatable bonds is 8. The van der Waals surface area contributed by atoms with Crippen molar-refractivity contribution < 1.29 is 32.5 Å². The summed E-state index contributed by atoms with van der Waals surface area (Å²) in [4.78, 5) is 22.4. The van der Waals surface area contributed by atoms with Crippen LogP contribution in [0.1, 0.15) is 35.3 Å². The van der Waals surface area contributed by atoms with Crippen LogP contribution in [0.2, 0.25) is 5.02 Å². The Balaban J connectivity index is 1.58. The molecule has 2 aliphatic heterocycles. The van der Waals surface area contributed by atoms with Crippen LogP contribution in [0.15, 0.2) is 48.5 Å². The maximum Gasteiger partial charge on any atom is 0.573 e. The molecule has 2 aliphatic rings. The van der Waals surface area contributed by atoms with E-state index in [0.29, 0.717) is 42.6 Å². The third kappa shape index (κ3) is 5.68. The number of carbonyl (C=O) groups excluding carboxylic acids is 1. The first-order valence-corrected chi connectivity index (χ1v) is 12.6. The molecule has 8 nitrogen and oxygen atoms in total. The number of aromatic nitrogens is 2. The summed E-state index contributed by atoms with van der Waals surface area (Å²) < 4.78 is 50.0. The number of ether oxygens (including phenoxy) is 2. The second-order valence-electron chi connectivity index (χ2n) is 9.22. The van der Waals surface area contributed by atoms with Gasteiger partial charge in [-0.25, -0.2) is 0 Å². The molecule has 1 saturated heterocycles. The van der Waals surface area contributed by atoms with Gasteiger partial charge in [0.1, 0.15) is 11.5 Å². The second-order valence-corrected chi connectivity index (χ2v) is 9.66. The molecule has 1 fully saturated rings. The Hall–Kier alpha value is -3.44. The van der Waals surface area contributed by atoms with Crippen molar-refractivity contribution in [3.8, 4) is 17.5 Å². The van der Waals surface area contributed by atoms with E-state index in [-0.39, 0.29) is 36.9 Å². The lowest BCUT2D eigenvalue weighted by molar-refractivity contribution is -0.274. The quantitative estimate of drug-likeness (QED) is 0.421. The van der Waals surface area contributed by atoms with E-state index in [1.165, 1.54) is 18.2 Å². The monoisotopic (exact) mass is 550 g/mol. The van der Waals surface area contributed by atoms with Gasteiger partial charge in [0.25, 0.3) is 5.91 Å². The Morgan fingerprint density at radius 1 is 1.13 bits per heavy atom. The molecule has 202 valence electrons. The van der Waals surface area contributed by atoms with Gasteiger partial charge in [-0.2, -0.15) is 4.98 Å². The van der Waals surface area contributed by atoms with Crippen molar-refractivity contribution in [3.63, 3.8) is 0 Å². The van der Waals surface area contributed by atoms with Gasteiger partial charge >= 0.3 is 12.4 Å². The number of amides is 1. The molecule has 0 saturated carbocycles. The van der Waals surface area contributed by atoms with Crippen LogP contribution in [0, 0.1) is 0 Å². The van der Waals surface area contributed by atoms with Crippen molar-refractivity contribution in [2.75, 3.05) is 31.1 Å². The molecule has 0 aliphatic carbocycles. The van der Waals surface area contributed by atoms with Gasteiger partial charge < -0.3 is 24.4 Å². The molecular formula is C26H26ClF3N4O4. The van der Waals surface area contributed by atoms with Gasteiger partial charge in [-0.1, -0.05) is 29.8 Å². The highest BCUT2D eigenvalue weighted by atomic mass is 35.5. The summed E-state index contributed by atoms with van der Waals surface area (Å²) in [5, 5.41) is 9.95. The fourth-order valence-electron chi connectivity index (χ4n) is 4.91. The topological polar surface area (TPSA) is 80.1 Å². The molecule has 1 amide bonds. The van der Waals surface area contributed by atoms with Crippen LogP contribution < -0.4 is 14.4 Å². The predicted octanol–water partition coefficient (Wildman–Crippen LogP) is 5.08. The molecule has 0 spiro atoms. The Morgan fingerprint density at radius 3 is 2.63 bits per heavy atom. The smallest absolute Gasteiger partial charge is 0.425 e. The van der Waals surface area contributed by atoms with E-state index < -0.39 is 12.1 Å². The van der Waals surface area contributed by atoms with E-state index in [2.05, 4.69) is 9.64 Å². The number of aliphatic hydroxyl groups is 1. The largest absolute Gasteiger partial charge is 0.573 e. The minimum Gasteiger partial charge on any atom is -0.425 e. The second kappa shape index (κ2) is 10.7. The van der Waals surface area contributed by atoms with Crippen molar-refractivity contribution in [2.24, 2.45) is 0 Å². The zero-order valence-corrected chi connectivity index (χ0v) is 21.1. The summed E-state index contributed by atoms with van der Waals surface area (Å²) in [5.41, 5.74) is 1.16. The van der Waals surface area contributed by atoms with Crippen LogP contribution in [0.25, 0.3) is 0 Å². The van der Waals surface area contributed by atoms with Crippen molar-refractivity contribution in [1.82, 2.24) is 14.5 Å². The number of alkyl halides is 3. The molecule has 1 atom stereocenters. The number of nitrogens with zero attached hydrogens (tertiary/aromatic N) is 4. The van der Waals surface area contributed by atoms with Crippen LogP contribution in [0.4, 0.5) is 19.0 Å². The van der Waals surface area contributed by atoms with Crippen LogP contribution in [-0.2, 0) is 6.54 Å². The van der Waals surface area contributed by atoms with Crippen LogP contribution in [0.3, 0.4) is 0 Å². The summed E-state index contributed by atoms with van der Waals surface area (Å²) in [5.74, 6) is -0.117. The molecule has 2 aromatic carbocycles. The van der Waals surface area contributed by atoms with Gasteiger partial charge in [-0.15, -0.1) is 13.2 Å². The van der Waals surface area contributed by atoms with Crippen molar-refractivity contribution >= 4 is 23.3 Å². The normalized spacial score (nSPS) is 17.3. The first-order valence-electron chi connectivity index (χ1n) is 12.3. The number of anilines is 1. The Morgan fingerprint density at radius 2 is 1.89 bits per heavy atom. The first-order chi connectivity index (χ1) is 18.2. The Bertz CT molecular complexity index is 1300. The van der Waals surface area contributed by atoms with Crippen LogP contribution in [0.5, 0.6) is 17.5 Å². The fraction of sp³-hybridized carbons (Fsp3) is 0.385. The average molecular weight is 551 g/mol. The van der Waals surface area contributed by atoms with E-state index in [9.17, 15) is 23.1 Å². The molecule has 0 radical (unpaired) electrons. The van der Waals surface area contributed by atoms with Gasteiger partial charge in [-0.3, -0.25) is 9.36 Å². The first kappa shape index (κ1) is 26.2. The number of benzene rings is 2. The molecule has 1 N–H and O–H groups in total. The minimum atomic E-state index is -4.85. The van der Waals surface area contributed by atoms with Gasteiger partial charge in [0.2, 0.25) is 0 Å². The number of halogens is 4. The molecule has 3 heterocycles. The summed E-state index contributed by atoms with van der Waals surface area (Å²) in [6, 6.07) is 12.4. The summed E-state index contributed by atoms with van der Waals surface area (Å²) in [6.07, 6.45) is -2.59. The van der Waals surface area contributed by atoms with Crippen LogP contribution in [-0.4, -0.2) is 64.1 Å². The number of fused-ring (bicyclic) bond motifs is 3. The number of aliphatic hydroxyl groups excluding tert-OH is 1. The molecule has 38 heavy (non-hydrogen) atoms. The molecule has 12 heteroatoms. The van der Waals surface area contributed by atoms with E-state index >= 15 is 0 Å². The van der Waals surface area contributed by atoms with Crippen molar-refractivity contribution in [3.05, 3.63) is 64.8 Å². The van der Waals surface area contributed by atoms with Crippen LogP contribution >= 0.6 is 11.6 Å². The Labute approximate surface area is 222 Å². The van der Waals surface area contributed by atoms with Crippen molar-refractivity contribution in [2.45, 2.75) is 38.2 Å². The maximum absolute atomic E-state index is 13.9. The number of hydrogen-bond acceptors (Lipinski definition) is 6. The number of imidazole rings is 1. The maximum atomic E-state index is 13.9. The summed E-state index contributed by atoms with van der Waals surface area (Å²) in [6.45, 7) is 1.79. The molecular weight excluding hydrogens is 525 g/mol. The Kier molecular flexibility index (Phi) is 7.40. The van der Waals surface area contributed by atoms with Crippen molar-refractivity contribution in [1.29, 1.82) is 0 Å². The zero-order chi connectivity index (χ0) is 26.9. The zero-order valence-electron chi connectivity index (χ0n) is 20.3. The highest BCUT2D eigenvalue weighted by Crippen LogP contribution is 2.38. The molecule has 5 rings (SSSR count). The van der Waals surface area contributed by atoms with Gasteiger partial charge in [0.05, 0.1) is 6.54 Å². The van der Waals surface area contributed by atoms with Gasteiger partial charge in [-0.05, 0) is 49.1 Å². The van der Waals surface area contributed by atoms with E-state index in [4.69, 9.17) is 21.3 Å². The lowest BCUT2D eigenvalue weighted by Gasteiger charge is -2.26. The molecule has 1 aromatic heterocycles. The van der Waals surface area contributed by atoms with E-state index in [1.54, 1.807) is 21.6 Å². The minimum absolute atomic E-state index is 0.0419. The SMILES string of the molecule is O=C1c2c(nc(Oc3cccc(OC(F)(F)F)c3)n2Cc2ccc(Cl)cc2)N2CCCC2CN1CCCO. The number of carbonyl (C=O) groups is 1.